The molecule has 0 aromatic heterocycles. The number of nitrogens with zero attached hydrogens (tertiary/aromatic N) is 1. The molecule has 196 valence electrons. The van der Waals surface area contributed by atoms with Crippen LogP contribution < -0.4 is 29.1 Å². The summed E-state index contributed by atoms with van der Waals surface area (Å²) >= 11 is 5.86. The molecule has 0 aliphatic carbocycles. The predicted octanol–water partition coefficient (Wildman–Crippen LogP) is 5.34. The standard InChI is InChI=1S/C26H34ClN3O6/c1-9-15(2)23(30-27)26(31)29-19-12-17(10-11-20(19)32-5)16(3)24(36-28-4)18-13-21(33-6)25(35-8)22(14-18)34-7/h10-15,23,30H,4,9H2,1-3,5-8H3,(H,29,31)/b24-16+. The summed E-state index contributed by atoms with van der Waals surface area (Å²) in [6, 6.07) is 8.32. The first-order valence-corrected chi connectivity index (χ1v) is 11.7. The van der Waals surface area contributed by atoms with Crippen LogP contribution in [-0.4, -0.2) is 47.1 Å². The van der Waals surface area contributed by atoms with Crippen LogP contribution in [0.15, 0.2) is 35.5 Å². The summed E-state index contributed by atoms with van der Waals surface area (Å²) < 4.78 is 21.8. The van der Waals surface area contributed by atoms with Crippen LogP contribution in [-0.2, 0) is 9.63 Å². The van der Waals surface area contributed by atoms with Crippen LogP contribution in [0.5, 0.6) is 23.0 Å². The molecule has 0 saturated heterocycles. The molecule has 0 aliphatic heterocycles. The molecule has 0 heterocycles. The fourth-order valence-corrected chi connectivity index (χ4v) is 3.96. The number of ether oxygens (including phenoxy) is 4. The van der Waals surface area contributed by atoms with Crippen LogP contribution in [0.4, 0.5) is 5.69 Å². The molecular weight excluding hydrogens is 486 g/mol. The van der Waals surface area contributed by atoms with Gasteiger partial charge in [0.05, 0.1) is 34.1 Å². The van der Waals surface area contributed by atoms with Crippen molar-refractivity contribution in [2.75, 3.05) is 33.8 Å². The van der Waals surface area contributed by atoms with Crippen molar-refractivity contribution in [1.29, 1.82) is 0 Å². The number of hydrogen-bond acceptors (Lipinski definition) is 8. The number of amides is 1. The normalized spacial score (nSPS) is 13.1. The zero-order valence-corrected chi connectivity index (χ0v) is 22.5. The van der Waals surface area contributed by atoms with Crippen LogP contribution >= 0.6 is 11.8 Å². The van der Waals surface area contributed by atoms with Crippen LogP contribution in [0.1, 0.15) is 38.3 Å². The Hall–Kier alpha value is -3.43. The second kappa shape index (κ2) is 13.6. The van der Waals surface area contributed by atoms with E-state index in [4.69, 9.17) is 35.6 Å². The summed E-state index contributed by atoms with van der Waals surface area (Å²) in [6.45, 7) is 9.27. The Morgan fingerprint density at radius 1 is 1.00 bits per heavy atom. The lowest BCUT2D eigenvalue weighted by atomic mass is 9.98. The van der Waals surface area contributed by atoms with Gasteiger partial charge in [0.1, 0.15) is 11.8 Å². The second-order valence-electron chi connectivity index (χ2n) is 7.97. The van der Waals surface area contributed by atoms with Gasteiger partial charge in [-0.25, -0.2) is 4.84 Å². The van der Waals surface area contributed by atoms with Crippen molar-refractivity contribution >= 4 is 41.4 Å². The van der Waals surface area contributed by atoms with Gasteiger partial charge in [-0.1, -0.05) is 31.5 Å². The van der Waals surface area contributed by atoms with Crippen LogP contribution in [0, 0.1) is 5.92 Å². The van der Waals surface area contributed by atoms with Crippen molar-refractivity contribution in [3.63, 3.8) is 0 Å². The minimum atomic E-state index is -0.579. The van der Waals surface area contributed by atoms with E-state index in [9.17, 15) is 4.79 Å². The van der Waals surface area contributed by atoms with Crippen molar-refractivity contribution in [2.24, 2.45) is 11.1 Å². The van der Waals surface area contributed by atoms with Crippen LogP contribution in [0.2, 0.25) is 0 Å². The van der Waals surface area contributed by atoms with Crippen LogP contribution in [0.25, 0.3) is 11.3 Å². The molecule has 2 N–H and O–H groups in total. The van der Waals surface area contributed by atoms with E-state index in [1.54, 1.807) is 24.3 Å². The van der Waals surface area contributed by atoms with Gasteiger partial charge < -0.3 is 29.1 Å². The number of benzene rings is 2. The topological polar surface area (TPSA) is 99.6 Å². The van der Waals surface area contributed by atoms with E-state index >= 15 is 0 Å². The van der Waals surface area contributed by atoms with Gasteiger partial charge in [-0.3, -0.25) is 4.79 Å². The highest BCUT2D eigenvalue weighted by Gasteiger charge is 2.25. The van der Waals surface area contributed by atoms with E-state index in [-0.39, 0.29) is 11.8 Å². The van der Waals surface area contributed by atoms with Crippen molar-refractivity contribution < 1.29 is 28.6 Å². The third-order valence-electron chi connectivity index (χ3n) is 5.93. The van der Waals surface area contributed by atoms with Gasteiger partial charge in [0.15, 0.2) is 17.3 Å². The summed E-state index contributed by atoms with van der Waals surface area (Å²) in [5, 5.41) is 6.56. The van der Waals surface area contributed by atoms with E-state index in [2.05, 4.69) is 22.0 Å². The molecule has 2 unspecified atom stereocenters. The van der Waals surface area contributed by atoms with E-state index in [0.29, 0.717) is 45.6 Å². The zero-order chi connectivity index (χ0) is 26.8. The fourth-order valence-electron chi connectivity index (χ4n) is 3.65. The summed E-state index contributed by atoms with van der Waals surface area (Å²) in [4.78, 5) is 21.1. The number of anilines is 1. The fraction of sp³-hybridized carbons (Fsp3) is 0.385. The average molecular weight is 520 g/mol. The molecular formula is C26H34ClN3O6. The van der Waals surface area contributed by atoms with Gasteiger partial charge in [0.2, 0.25) is 11.7 Å². The molecule has 10 heteroatoms. The van der Waals surface area contributed by atoms with Crippen molar-refractivity contribution in [2.45, 2.75) is 33.2 Å². The third kappa shape index (κ3) is 6.41. The average Bonchev–Trinajstić information content (AvgIpc) is 2.90. The van der Waals surface area contributed by atoms with Gasteiger partial charge in [0.25, 0.3) is 0 Å². The lowest BCUT2D eigenvalue weighted by molar-refractivity contribution is -0.118. The summed E-state index contributed by atoms with van der Waals surface area (Å²) in [5.41, 5.74) is 2.57. The van der Waals surface area contributed by atoms with E-state index in [1.807, 2.05) is 26.8 Å². The molecule has 2 rings (SSSR count). The molecule has 0 saturated carbocycles. The lowest BCUT2D eigenvalue weighted by Gasteiger charge is -2.21. The maximum atomic E-state index is 12.9. The first kappa shape index (κ1) is 28.8. The quantitative estimate of drug-likeness (QED) is 0.121. The van der Waals surface area contributed by atoms with Gasteiger partial charge in [-0.05, 0) is 54.4 Å². The Labute approximate surface area is 217 Å². The number of allylic oxidation sites excluding steroid dienone is 1. The predicted molar refractivity (Wildman–Crippen MR) is 143 cm³/mol. The van der Waals surface area contributed by atoms with Crippen molar-refractivity contribution in [1.82, 2.24) is 4.84 Å². The Balaban J connectivity index is 2.62. The van der Waals surface area contributed by atoms with Crippen molar-refractivity contribution in [3.05, 3.63) is 41.5 Å². The van der Waals surface area contributed by atoms with Gasteiger partial charge in [-0.2, -0.15) is 0 Å². The SMILES string of the molecule is C=NO/C(=C(\C)c1ccc(OC)c(NC(=O)C(NCl)C(C)CC)c1)c1cc(OC)c(OC)c(OC)c1. The largest absolute Gasteiger partial charge is 0.495 e. The van der Waals surface area contributed by atoms with E-state index < -0.39 is 6.04 Å². The Kier molecular flexibility index (Phi) is 10.9. The molecule has 36 heavy (non-hydrogen) atoms. The number of carbonyl (C=O) groups is 1. The molecule has 0 spiro atoms. The Morgan fingerprint density at radius 2 is 1.61 bits per heavy atom. The first-order chi connectivity index (χ1) is 17.3. The molecule has 2 aromatic carbocycles. The smallest absolute Gasteiger partial charge is 0.243 e. The molecule has 0 radical (unpaired) electrons. The summed E-state index contributed by atoms with van der Waals surface area (Å²) in [7, 11) is 6.13. The highest BCUT2D eigenvalue weighted by molar-refractivity contribution is 6.15. The van der Waals surface area contributed by atoms with E-state index in [1.165, 1.54) is 28.4 Å². The molecule has 0 bridgehead atoms. The number of carbonyl (C=O) groups excluding carboxylic acids is 1. The number of halogens is 1. The Morgan fingerprint density at radius 3 is 2.08 bits per heavy atom. The van der Waals surface area contributed by atoms with Crippen molar-refractivity contribution in [3.8, 4) is 23.0 Å². The highest BCUT2D eigenvalue weighted by atomic mass is 35.5. The minimum absolute atomic E-state index is 0.0250. The number of oxime groups is 1. The van der Waals surface area contributed by atoms with Gasteiger partial charge >= 0.3 is 0 Å². The van der Waals surface area contributed by atoms with E-state index in [0.717, 1.165) is 12.0 Å². The highest BCUT2D eigenvalue weighted by Crippen LogP contribution is 2.42. The summed E-state index contributed by atoms with van der Waals surface area (Å²) in [6.07, 6.45) is 0.779. The zero-order valence-electron chi connectivity index (χ0n) is 21.7. The Bertz CT molecular complexity index is 1080. The summed E-state index contributed by atoms with van der Waals surface area (Å²) in [5.74, 6) is 2.02. The molecule has 1 amide bonds. The van der Waals surface area contributed by atoms with Crippen LogP contribution in [0.3, 0.4) is 0 Å². The third-order valence-corrected chi connectivity index (χ3v) is 6.16. The number of nitrogens with one attached hydrogen (secondary N) is 2. The molecule has 2 atom stereocenters. The molecule has 9 nitrogen and oxygen atoms in total. The first-order valence-electron chi connectivity index (χ1n) is 11.3. The number of rotatable bonds is 13. The van der Waals surface area contributed by atoms with Gasteiger partial charge in [-0.15, -0.1) is 0 Å². The molecule has 0 fully saturated rings. The number of hydrogen-bond donors (Lipinski definition) is 2. The minimum Gasteiger partial charge on any atom is -0.495 e. The monoisotopic (exact) mass is 519 g/mol. The maximum absolute atomic E-state index is 12.9. The molecule has 2 aromatic rings. The maximum Gasteiger partial charge on any atom is 0.243 e. The van der Waals surface area contributed by atoms with Gasteiger partial charge in [0, 0.05) is 17.9 Å². The second-order valence-corrected chi connectivity index (χ2v) is 8.18. The lowest BCUT2D eigenvalue weighted by Crippen LogP contribution is -2.40. The molecule has 0 aliphatic rings. The number of methoxy groups -OCH3 is 4.